The highest BCUT2D eigenvalue weighted by molar-refractivity contribution is 9.10. The Morgan fingerprint density at radius 3 is 2.86 bits per heavy atom. The molecule has 0 radical (unpaired) electrons. The summed E-state index contributed by atoms with van der Waals surface area (Å²) in [5, 5.41) is 7.54. The number of nitrogens with zero attached hydrogens (tertiary/aromatic N) is 2. The first-order valence-electron chi connectivity index (χ1n) is 6.86. The van der Waals surface area contributed by atoms with Gasteiger partial charge in [-0.15, -0.1) is 0 Å². The zero-order valence-corrected chi connectivity index (χ0v) is 13.7. The molecule has 1 N–H and O–H groups in total. The number of carbonyl (C=O) groups excluding carboxylic acids is 1. The smallest absolute Gasteiger partial charge is 0.338 e. The minimum absolute atomic E-state index is 0.311. The Morgan fingerprint density at radius 1 is 1.43 bits per heavy atom. The van der Waals surface area contributed by atoms with Gasteiger partial charge in [-0.2, -0.15) is 5.10 Å². The lowest BCUT2D eigenvalue weighted by atomic mass is 10.2. The van der Waals surface area contributed by atoms with E-state index in [1.165, 1.54) is 0 Å². The van der Waals surface area contributed by atoms with Crippen LogP contribution in [-0.2, 0) is 17.8 Å². The van der Waals surface area contributed by atoms with Gasteiger partial charge in [0.15, 0.2) is 0 Å². The summed E-state index contributed by atoms with van der Waals surface area (Å²) in [6.07, 6.45) is 3.85. The summed E-state index contributed by atoms with van der Waals surface area (Å²) in [6, 6.07) is 5.37. The van der Waals surface area contributed by atoms with Gasteiger partial charge in [-0.1, -0.05) is 0 Å². The molecular weight excluding hydrogens is 334 g/mol. The third-order valence-corrected chi connectivity index (χ3v) is 3.63. The lowest BCUT2D eigenvalue weighted by molar-refractivity contribution is 0.0526. The van der Waals surface area contributed by atoms with Crippen LogP contribution in [0.3, 0.4) is 0 Å². The Kier molecular flexibility index (Phi) is 5.38. The molecule has 0 aliphatic heterocycles. The Hall–Kier alpha value is -1.82. The van der Waals surface area contributed by atoms with Crippen molar-refractivity contribution >= 4 is 27.6 Å². The van der Waals surface area contributed by atoms with Crippen molar-refractivity contribution in [2.24, 2.45) is 0 Å². The van der Waals surface area contributed by atoms with Crippen LogP contribution in [0.1, 0.15) is 29.8 Å². The number of halogens is 1. The van der Waals surface area contributed by atoms with Crippen LogP contribution in [0.25, 0.3) is 0 Å². The van der Waals surface area contributed by atoms with Gasteiger partial charge in [0.25, 0.3) is 0 Å². The summed E-state index contributed by atoms with van der Waals surface area (Å²) in [5.41, 5.74) is 2.57. The molecule has 1 heterocycles. The van der Waals surface area contributed by atoms with Crippen LogP contribution in [-0.4, -0.2) is 22.4 Å². The zero-order valence-electron chi connectivity index (χ0n) is 12.1. The summed E-state index contributed by atoms with van der Waals surface area (Å²) < 4.78 is 7.69. The molecule has 5 nitrogen and oxygen atoms in total. The third kappa shape index (κ3) is 4.07. The molecule has 0 spiro atoms. The van der Waals surface area contributed by atoms with Crippen LogP contribution in [0.15, 0.2) is 35.1 Å². The van der Waals surface area contributed by atoms with Crippen LogP contribution >= 0.6 is 15.9 Å². The predicted molar refractivity (Wildman–Crippen MR) is 85.3 cm³/mol. The van der Waals surface area contributed by atoms with Crippen LogP contribution in [0, 0.1) is 0 Å². The molecule has 6 heteroatoms. The Bertz CT molecular complexity index is 625. The van der Waals surface area contributed by atoms with Crippen molar-refractivity contribution in [3.8, 4) is 0 Å². The third-order valence-electron chi connectivity index (χ3n) is 2.97. The lowest BCUT2D eigenvalue weighted by Crippen LogP contribution is -2.05. The van der Waals surface area contributed by atoms with E-state index < -0.39 is 0 Å². The molecule has 0 fully saturated rings. The van der Waals surface area contributed by atoms with Crippen molar-refractivity contribution in [2.45, 2.75) is 26.9 Å². The Balaban J connectivity index is 2.02. The highest BCUT2D eigenvalue weighted by Gasteiger charge is 2.09. The highest BCUT2D eigenvalue weighted by atomic mass is 79.9. The number of nitrogens with one attached hydrogen (secondary N) is 1. The number of aromatic nitrogens is 2. The summed E-state index contributed by atoms with van der Waals surface area (Å²) in [4.78, 5) is 11.6. The average Bonchev–Trinajstić information content (AvgIpc) is 2.94. The van der Waals surface area contributed by atoms with Gasteiger partial charge in [0, 0.05) is 35.0 Å². The molecule has 0 saturated heterocycles. The minimum atomic E-state index is -0.311. The van der Waals surface area contributed by atoms with Crippen molar-refractivity contribution in [2.75, 3.05) is 11.9 Å². The predicted octanol–water partition coefficient (Wildman–Crippen LogP) is 3.45. The molecule has 0 unspecified atom stereocenters. The number of hydrogen-bond acceptors (Lipinski definition) is 4. The van der Waals surface area contributed by atoms with E-state index in [4.69, 9.17) is 4.74 Å². The summed E-state index contributed by atoms with van der Waals surface area (Å²) in [5.74, 6) is -0.311. The topological polar surface area (TPSA) is 56.1 Å². The zero-order chi connectivity index (χ0) is 15.2. The maximum atomic E-state index is 11.6. The first-order chi connectivity index (χ1) is 10.1. The molecule has 1 aromatic carbocycles. The molecule has 0 saturated carbocycles. The van der Waals surface area contributed by atoms with Gasteiger partial charge in [-0.25, -0.2) is 4.79 Å². The van der Waals surface area contributed by atoms with Gasteiger partial charge in [-0.3, -0.25) is 4.68 Å². The fourth-order valence-electron chi connectivity index (χ4n) is 1.87. The number of carbonyl (C=O) groups is 1. The van der Waals surface area contributed by atoms with Gasteiger partial charge in [-0.05, 0) is 48.0 Å². The Morgan fingerprint density at radius 2 is 2.24 bits per heavy atom. The van der Waals surface area contributed by atoms with Crippen LogP contribution in [0.5, 0.6) is 0 Å². The first kappa shape index (κ1) is 15.6. The van der Waals surface area contributed by atoms with E-state index in [0.717, 1.165) is 22.3 Å². The second kappa shape index (κ2) is 7.26. The maximum Gasteiger partial charge on any atom is 0.338 e. The van der Waals surface area contributed by atoms with Crippen molar-refractivity contribution in [1.29, 1.82) is 0 Å². The second-order valence-corrected chi connectivity index (χ2v) is 5.33. The van der Waals surface area contributed by atoms with Crippen molar-refractivity contribution in [3.05, 3.63) is 46.2 Å². The number of ether oxygens (including phenoxy) is 1. The fourth-order valence-corrected chi connectivity index (χ4v) is 2.39. The lowest BCUT2D eigenvalue weighted by Gasteiger charge is -2.09. The molecule has 21 heavy (non-hydrogen) atoms. The molecule has 0 aliphatic carbocycles. The number of esters is 1. The molecule has 112 valence electrons. The molecule has 0 atom stereocenters. The Labute approximate surface area is 132 Å². The largest absolute Gasteiger partial charge is 0.462 e. The summed E-state index contributed by atoms with van der Waals surface area (Å²) in [7, 11) is 0. The molecule has 1 aromatic heterocycles. The van der Waals surface area contributed by atoms with Crippen molar-refractivity contribution < 1.29 is 9.53 Å². The number of rotatable bonds is 6. The number of hydrogen-bond donors (Lipinski definition) is 1. The fraction of sp³-hybridized carbons (Fsp3) is 0.333. The van der Waals surface area contributed by atoms with E-state index in [2.05, 4.69) is 33.3 Å². The molecular formula is C15H18BrN3O2. The van der Waals surface area contributed by atoms with Crippen molar-refractivity contribution in [1.82, 2.24) is 9.78 Å². The van der Waals surface area contributed by atoms with E-state index in [1.54, 1.807) is 19.1 Å². The minimum Gasteiger partial charge on any atom is -0.462 e. The van der Waals surface area contributed by atoms with E-state index in [9.17, 15) is 4.79 Å². The summed E-state index contributed by atoms with van der Waals surface area (Å²) >= 11 is 3.47. The van der Waals surface area contributed by atoms with Crippen LogP contribution in [0.4, 0.5) is 5.69 Å². The van der Waals surface area contributed by atoms with Gasteiger partial charge < -0.3 is 10.1 Å². The van der Waals surface area contributed by atoms with Crippen LogP contribution < -0.4 is 5.32 Å². The SMILES string of the molecule is CCOC(=O)c1ccc(NCc2cnn(CC)c2)c(Br)c1. The second-order valence-electron chi connectivity index (χ2n) is 4.47. The van der Waals surface area contributed by atoms with E-state index in [0.29, 0.717) is 18.7 Å². The van der Waals surface area contributed by atoms with E-state index in [1.807, 2.05) is 23.1 Å². The maximum absolute atomic E-state index is 11.6. The van der Waals surface area contributed by atoms with Gasteiger partial charge >= 0.3 is 5.97 Å². The molecule has 0 bridgehead atoms. The molecule has 2 rings (SSSR count). The first-order valence-corrected chi connectivity index (χ1v) is 7.65. The van der Waals surface area contributed by atoms with Gasteiger partial charge in [0.05, 0.1) is 18.4 Å². The van der Waals surface area contributed by atoms with Gasteiger partial charge in [0.2, 0.25) is 0 Å². The molecule has 0 amide bonds. The number of anilines is 1. The number of aryl methyl sites for hydroxylation is 1. The number of benzene rings is 1. The molecule has 2 aromatic rings. The normalized spacial score (nSPS) is 10.4. The quantitative estimate of drug-likeness (QED) is 0.809. The standard InChI is InChI=1S/C15H18BrN3O2/c1-3-19-10-11(9-18-19)8-17-14-6-5-12(7-13(14)16)15(20)21-4-2/h5-7,9-10,17H,3-4,8H2,1-2H3. The van der Waals surface area contributed by atoms with Gasteiger partial charge in [0.1, 0.15) is 0 Å². The van der Waals surface area contributed by atoms with Crippen LogP contribution in [0.2, 0.25) is 0 Å². The summed E-state index contributed by atoms with van der Waals surface area (Å²) in [6.45, 7) is 5.75. The van der Waals surface area contributed by atoms with Crippen molar-refractivity contribution in [3.63, 3.8) is 0 Å². The van der Waals surface area contributed by atoms with E-state index in [-0.39, 0.29) is 5.97 Å². The average molecular weight is 352 g/mol. The monoisotopic (exact) mass is 351 g/mol. The van der Waals surface area contributed by atoms with E-state index >= 15 is 0 Å². The highest BCUT2D eigenvalue weighted by Crippen LogP contribution is 2.24. The molecule has 0 aliphatic rings.